The average Bonchev–Trinajstić information content (AvgIpc) is 3.13. The number of esters is 2. The Bertz CT molecular complexity index is 1120. The number of rotatable bonds is 0. The second-order valence-corrected chi connectivity index (χ2v) is 12.4. The lowest BCUT2D eigenvalue weighted by Crippen LogP contribution is -2.58. The van der Waals surface area contributed by atoms with Crippen molar-refractivity contribution in [1.82, 2.24) is 0 Å². The van der Waals surface area contributed by atoms with Gasteiger partial charge in [-0.1, -0.05) is 43.7 Å². The molecule has 0 saturated carbocycles. The highest BCUT2D eigenvalue weighted by atomic mass is 16.7. The Morgan fingerprint density at radius 2 is 1.82 bits per heavy atom. The average molecular weight is 543 g/mol. The third-order valence-electron chi connectivity index (χ3n) is 9.22. The molecule has 4 aliphatic heterocycles. The molecule has 0 amide bonds. The van der Waals surface area contributed by atoms with Crippen LogP contribution in [-0.4, -0.2) is 64.1 Å². The van der Waals surface area contributed by atoms with Crippen molar-refractivity contribution in [3.8, 4) is 0 Å². The fourth-order valence-corrected chi connectivity index (χ4v) is 6.77. The number of aliphatic hydroxyl groups is 2. The van der Waals surface area contributed by atoms with E-state index in [0.717, 1.165) is 12.8 Å². The summed E-state index contributed by atoms with van der Waals surface area (Å²) in [6, 6.07) is 0. The van der Waals surface area contributed by atoms with Gasteiger partial charge in [0, 0.05) is 19.3 Å². The van der Waals surface area contributed by atoms with Crippen molar-refractivity contribution in [2.75, 3.05) is 0 Å². The zero-order valence-corrected chi connectivity index (χ0v) is 23.6. The molecule has 0 aromatic rings. The van der Waals surface area contributed by atoms with Gasteiger partial charge < -0.3 is 29.2 Å². The van der Waals surface area contributed by atoms with Crippen LogP contribution in [0.3, 0.4) is 0 Å². The number of hydrogen-bond acceptors (Lipinski definition) is 8. The number of fused-ring (bicyclic) bond motifs is 2. The van der Waals surface area contributed by atoms with Crippen molar-refractivity contribution in [2.24, 2.45) is 17.8 Å². The highest BCUT2D eigenvalue weighted by Crippen LogP contribution is 2.47. The molecule has 1 spiro atoms. The summed E-state index contributed by atoms with van der Waals surface area (Å²) >= 11 is 0. The molecule has 2 bridgehead atoms. The largest absolute Gasteiger partial charge is 0.462 e. The van der Waals surface area contributed by atoms with E-state index in [-0.39, 0.29) is 23.7 Å². The van der Waals surface area contributed by atoms with Crippen molar-refractivity contribution in [2.45, 2.75) is 115 Å². The van der Waals surface area contributed by atoms with E-state index in [1.165, 1.54) is 17.7 Å². The Hall–Kier alpha value is -2.26. The number of ether oxygens (including phenoxy) is 4. The van der Waals surface area contributed by atoms with Crippen molar-refractivity contribution in [1.29, 1.82) is 0 Å². The predicted molar refractivity (Wildman–Crippen MR) is 143 cm³/mol. The van der Waals surface area contributed by atoms with Gasteiger partial charge in [-0.25, -0.2) is 4.79 Å². The molecule has 8 nitrogen and oxygen atoms in total. The lowest BCUT2D eigenvalue weighted by atomic mass is 9.70. The van der Waals surface area contributed by atoms with Crippen LogP contribution in [0.25, 0.3) is 0 Å². The maximum absolute atomic E-state index is 13.8. The van der Waals surface area contributed by atoms with Crippen LogP contribution in [0.4, 0.5) is 0 Å². The summed E-state index contributed by atoms with van der Waals surface area (Å²) in [7, 11) is 0. The highest BCUT2D eigenvalue weighted by molar-refractivity contribution is 5.97. The van der Waals surface area contributed by atoms with Crippen LogP contribution in [0.1, 0.15) is 73.1 Å². The number of hydrogen-bond donors (Lipinski definition) is 2. The Morgan fingerprint density at radius 1 is 1.05 bits per heavy atom. The molecule has 2 N–H and O–H groups in total. The summed E-state index contributed by atoms with van der Waals surface area (Å²) in [5.41, 5.74) is -0.453. The van der Waals surface area contributed by atoms with Gasteiger partial charge in [-0.05, 0) is 63.5 Å². The number of carbonyl (C=O) groups excluding carboxylic acids is 2. The molecular weight excluding hydrogens is 500 g/mol. The quantitative estimate of drug-likeness (QED) is 0.348. The topological polar surface area (TPSA) is 112 Å². The van der Waals surface area contributed by atoms with E-state index in [4.69, 9.17) is 18.9 Å². The van der Waals surface area contributed by atoms with Crippen molar-refractivity contribution >= 4 is 11.9 Å². The number of aliphatic hydroxyl groups excluding tert-OH is 1. The van der Waals surface area contributed by atoms with Gasteiger partial charge in [0.05, 0.1) is 17.8 Å². The molecule has 5 aliphatic rings. The minimum Gasteiger partial charge on any atom is -0.462 e. The van der Waals surface area contributed by atoms with Crippen molar-refractivity contribution < 1.29 is 38.7 Å². The standard InChI is InChI=1S/C31H42O8/c1-17-7-6-8-24-28(33)37-27-26(32)20(4)14-25(31(24,27)35)29(34)36-23-15-22(10-9-18(2)13-17)39-30(16-23)12-11-19(3)21(5)38-30/h6-9,14,17,19,21-23,25-27,32,35H,10-13,15-16H2,1-5H3/b7-6+,18-9+,24-8+/t17-,19-,21+,22+,23-,25-,26+,27+,30-,31+/m0/s1. The van der Waals surface area contributed by atoms with Gasteiger partial charge in [-0.2, -0.15) is 0 Å². The Kier molecular flexibility index (Phi) is 7.70. The fourth-order valence-electron chi connectivity index (χ4n) is 6.77. The van der Waals surface area contributed by atoms with Crippen LogP contribution in [0.5, 0.6) is 0 Å². The molecule has 3 saturated heterocycles. The maximum atomic E-state index is 13.8. The normalized spacial score (nSPS) is 48.5. The molecular formula is C31H42O8. The predicted octanol–water partition coefficient (Wildman–Crippen LogP) is 4.06. The molecule has 0 aromatic heterocycles. The van der Waals surface area contributed by atoms with E-state index in [9.17, 15) is 19.8 Å². The van der Waals surface area contributed by atoms with Crippen LogP contribution in [-0.2, 0) is 28.5 Å². The Balaban J connectivity index is 1.54. The first-order valence-corrected chi connectivity index (χ1v) is 14.3. The summed E-state index contributed by atoms with van der Waals surface area (Å²) in [6.07, 6.45) is 9.72. The zero-order chi connectivity index (χ0) is 28.1. The molecule has 3 fully saturated rings. The van der Waals surface area contributed by atoms with E-state index in [1.807, 2.05) is 6.08 Å². The summed E-state index contributed by atoms with van der Waals surface area (Å²) in [6.45, 7) is 10.0. The monoisotopic (exact) mass is 542 g/mol. The molecule has 214 valence electrons. The first kappa shape index (κ1) is 28.3. The van der Waals surface area contributed by atoms with Crippen LogP contribution in [0.15, 0.2) is 47.1 Å². The van der Waals surface area contributed by atoms with Crippen molar-refractivity contribution in [3.63, 3.8) is 0 Å². The Labute approximate surface area is 230 Å². The summed E-state index contributed by atoms with van der Waals surface area (Å²) in [5, 5.41) is 22.8. The second kappa shape index (κ2) is 10.6. The van der Waals surface area contributed by atoms with Gasteiger partial charge in [0.15, 0.2) is 17.5 Å². The Morgan fingerprint density at radius 3 is 2.56 bits per heavy atom. The SMILES string of the molecule is CC1=C[C@H]2C(=O)O[C@H]3C[C@@H](C/C=C(\C)C[C@@H](C)/C=C/C=C4\C(=O)O[C@H]([C@@H]1O)[C@@]42O)O[C@@]1(CC[C@H](C)[C@@H](C)O1)C3. The van der Waals surface area contributed by atoms with Gasteiger partial charge in [0.1, 0.15) is 18.1 Å². The van der Waals surface area contributed by atoms with Gasteiger partial charge in [0.2, 0.25) is 0 Å². The molecule has 39 heavy (non-hydrogen) atoms. The minimum atomic E-state index is -2.05. The minimum absolute atomic E-state index is 0.0119. The van der Waals surface area contributed by atoms with Crippen LogP contribution >= 0.6 is 0 Å². The molecule has 1 aliphatic carbocycles. The smallest absolute Gasteiger partial charge is 0.337 e. The molecule has 10 atom stereocenters. The summed E-state index contributed by atoms with van der Waals surface area (Å²) in [4.78, 5) is 26.7. The lowest BCUT2D eigenvalue weighted by molar-refractivity contribution is -0.332. The van der Waals surface area contributed by atoms with Crippen molar-refractivity contribution in [3.05, 3.63) is 47.1 Å². The molecule has 4 heterocycles. The lowest BCUT2D eigenvalue weighted by Gasteiger charge is -2.49. The van der Waals surface area contributed by atoms with E-state index in [0.29, 0.717) is 37.2 Å². The second-order valence-electron chi connectivity index (χ2n) is 12.4. The third kappa shape index (κ3) is 5.29. The molecule has 8 heteroatoms. The maximum Gasteiger partial charge on any atom is 0.337 e. The molecule has 0 unspecified atom stereocenters. The molecule has 0 aromatic carbocycles. The first-order valence-electron chi connectivity index (χ1n) is 14.3. The highest BCUT2D eigenvalue weighted by Gasteiger charge is 2.64. The fraction of sp³-hybridized carbons (Fsp3) is 0.677. The molecule has 5 rings (SSSR count). The summed E-state index contributed by atoms with van der Waals surface area (Å²) in [5.74, 6) is -2.89. The molecule has 0 radical (unpaired) electrons. The number of carbonyl (C=O) groups is 2. The van der Waals surface area contributed by atoms with Gasteiger partial charge in [-0.3, -0.25) is 4.79 Å². The summed E-state index contributed by atoms with van der Waals surface area (Å²) < 4.78 is 24.6. The van der Waals surface area contributed by atoms with Gasteiger partial charge in [0.25, 0.3) is 0 Å². The van der Waals surface area contributed by atoms with E-state index in [1.54, 1.807) is 13.0 Å². The third-order valence-corrected chi connectivity index (χ3v) is 9.22. The van der Waals surface area contributed by atoms with Crippen LogP contribution in [0, 0.1) is 17.8 Å². The van der Waals surface area contributed by atoms with Crippen LogP contribution in [0.2, 0.25) is 0 Å². The number of allylic oxidation sites excluding steroid dienone is 4. The van der Waals surface area contributed by atoms with E-state index in [2.05, 4.69) is 33.8 Å². The van der Waals surface area contributed by atoms with E-state index >= 15 is 0 Å². The first-order chi connectivity index (χ1) is 18.4. The van der Waals surface area contributed by atoms with Gasteiger partial charge in [-0.15, -0.1) is 0 Å². The van der Waals surface area contributed by atoms with E-state index < -0.39 is 47.6 Å². The zero-order valence-electron chi connectivity index (χ0n) is 23.6. The van der Waals surface area contributed by atoms with Crippen LogP contribution < -0.4 is 0 Å². The van der Waals surface area contributed by atoms with Gasteiger partial charge >= 0.3 is 11.9 Å².